The largest absolute Gasteiger partial charge is 0.493 e. The van der Waals surface area contributed by atoms with E-state index >= 15 is 0 Å². The number of nitrogens with one attached hydrogen (secondary N) is 1. The molecule has 1 heterocycles. The van der Waals surface area contributed by atoms with E-state index in [2.05, 4.69) is 5.32 Å². The highest BCUT2D eigenvalue weighted by molar-refractivity contribution is 8.18. The molecule has 7 nitrogen and oxygen atoms in total. The van der Waals surface area contributed by atoms with Crippen LogP contribution >= 0.6 is 11.8 Å². The molecule has 0 aromatic heterocycles. The van der Waals surface area contributed by atoms with Crippen LogP contribution in [0, 0.1) is 0 Å². The molecule has 1 aliphatic heterocycles. The summed E-state index contributed by atoms with van der Waals surface area (Å²) >= 11 is 0.817. The SMILES string of the molecule is CCCCNC(=O)CN1C(=O)S/C(=C\c2ccc(OC)c(OC)c2)C1=O. The highest BCUT2D eigenvalue weighted by Crippen LogP contribution is 2.34. The summed E-state index contributed by atoms with van der Waals surface area (Å²) in [6.07, 6.45) is 3.41. The number of rotatable bonds is 8. The van der Waals surface area contributed by atoms with Crippen LogP contribution in [-0.4, -0.2) is 49.3 Å². The Hall–Kier alpha value is -2.48. The van der Waals surface area contributed by atoms with Crippen molar-refractivity contribution in [2.75, 3.05) is 27.3 Å². The molecule has 1 aromatic carbocycles. The molecule has 26 heavy (non-hydrogen) atoms. The van der Waals surface area contributed by atoms with E-state index < -0.39 is 11.1 Å². The summed E-state index contributed by atoms with van der Waals surface area (Å²) in [4.78, 5) is 37.6. The number of carbonyl (C=O) groups excluding carboxylic acids is 3. The molecule has 1 saturated heterocycles. The molecular weight excluding hydrogens is 356 g/mol. The molecule has 0 radical (unpaired) electrons. The molecule has 140 valence electrons. The lowest BCUT2D eigenvalue weighted by Crippen LogP contribution is -2.39. The molecular formula is C18H22N2O5S. The quantitative estimate of drug-likeness (QED) is 0.553. The van der Waals surface area contributed by atoms with E-state index in [0.29, 0.717) is 23.6 Å². The summed E-state index contributed by atoms with van der Waals surface area (Å²) in [5, 5.41) is 2.25. The Balaban J connectivity index is 2.10. The first-order valence-corrected chi connectivity index (χ1v) is 9.05. The minimum absolute atomic E-state index is 0.266. The second-order valence-electron chi connectivity index (χ2n) is 5.59. The number of hydrogen-bond acceptors (Lipinski definition) is 6. The van der Waals surface area contributed by atoms with Crippen molar-refractivity contribution in [1.82, 2.24) is 10.2 Å². The summed E-state index contributed by atoms with van der Waals surface area (Å²) in [6, 6.07) is 5.19. The normalized spacial score (nSPS) is 15.5. The van der Waals surface area contributed by atoms with Gasteiger partial charge in [0, 0.05) is 6.54 Å². The monoisotopic (exact) mass is 378 g/mol. The predicted octanol–water partition coefficient (Wildman–Crippen LogP) is 2.66. The van der Waals surface area contributed by atoms with E-state index in [1.54, 1.807) is 24.3 Å². The molecule has 0 atom stereocenters. The minimum Gasteiger partial charge on any atom is -0.493 e. The van der Waals surface area contributed by atoms with Gasteiger partial charge >= 0.3 is 0 Å². The van der Waals surface area contributed by atoms with Crippen LogP contribution in [0.5, 0.6) is 11.5 Å². The van der Waals surface area contributed by atoms with Crippen LogP contribution in [-0.2, 0) is 9.59 Å². The van der Waals surface area contributed by atoms with Gasteiger partial charge < -0.3 is 14.8 Å². The van der Waals surface area contributed by atoms with Gasteiger partial charge in [0.05, 0.1) is 19.1 Å². The van der Waals surface area contributed by atoms with E-state index in [9.17, 15) is 14.4 Å². The van der Waals surface area contributed by atoms with Gasteiger partial charge in [-0.2, -0.15) is 0 Å². The smallest absolute Gasteiger partial charge is 0.294 e. The van der Waals surface area contributed by atoms with Crippen LogP contribution in [0.25, 0.3) is 6.08 Å². The van der Waals surface area contributed by atoms with Gasteiger partial charge in [-0.25, -0.2) is 0 Å². The number of thioether (sulfide) groups is 1. The molecule has 0 bridgehead atoms. The highest BCUT2D eigenvalue weighted by atomic mass is 32.2. The number of imide groups is 1. The fourth-order valence-corrected chi connectivity index (χ4v) is 3.17. The third kappa shape index (κ3) is 4.78. The Labute approximate surface area is 156 Å². The summed E-state index contributed by atoms with van der Waals surface area (Å²) < 4.78 is 10.4. The standard InChI is InChI=1S/C18H22N2O5S/c1-4-5-8-19-16(21)11-20-17(22)15(26-18(20)23)10-12-6-7-13(24-2)14(9-12)25-3/h6-7,9-10H,4-5,8,11H2,1-3H3,(H,19,21)/b15-10-. The third-order valence-corrected chi connectivity index (χ3v) is 4.64. The fourth-order valence-electron chi connectivity index (χ4n) is 2.33. The maximum absolute atomic E-state index is 12.4. The van der Waals surface area contributed by atoms with Gasteiger partial charge in [-0.05, 0) is 42.0 Å². The second-order valence-corrected chi connectivity index (χ2v) is 6.58. The predicted molar refractivity (Wildman–Crippen MR) is 100 cm³/mol. The lowest BCUT2D eigenvalue weighted by atomic mass is 10.2. The zero-order chi connectivity index (χ0) is 19.1. The van der Waals surface area contributed by atoms with Crippen LogP contribution in [0.1, 0.15) is 25.3 Å². The average Bonchev–Trinajstić information content (AvgIpc) is 2.89. The van der Waals surface area contributed by atoms with Gasteiger partial charge in [0.1, 0.15) is 6.54 Å². The molecule has 2 rings (SSSR count). The van der Waals surface area contributed by atoms with E-state index in [0.717, 1.165) is 29.5 Å². The third-order valence-electron chi connectivity index (χ3n) is 3.73. The molecule has 1 N–H and O–H groups in total. The summed E-state index contributed by atoms with van der Waals surface area (Å²) in [5.41, 5.74) is 0.695. The molecule has 1 aliphatic rings. The van der Waals surface area contributed by atoms with Gasteiger partial charge in [0.25, 0.3) is 11.1 Å². The van der Waals surface area contributed by atoms with Crippen molar-refractivity contribution in [2.45, 2.75) is 19.8 Å². The van der Waals surface area contributed by atoms with E-state index in [1.165, 1.54) is 14.2 Å². The van der Waals surface area contributed by atoms with Crippen molar-refractivity contribution in [2.24, 2.45) is 0 Å². The number of methoxy groups -OCH3 is 2. The van der Waals surface area contributed by atoms with Crippen molar-refractivity contribution >= 4 is 34.9 Å². The summed E-state index contributed by atoms with van der Waals surface area (Å²) in [5.74, 6) is 0.283. The minimum atomic E-state index is -0.472. The molecule has 1 aromatic rings. The van der Waals surface area contributed by atoms with Gasteiger partial charge in [-0.1, -0.05) is 19.4 Å². The van der Waals surface area contributed by atoms with Crippen molar-refractivity contribution in [3.8, 4) is 11.5 Å². The van der Waals surface area contributed by atoms with Gasteiger partial charge in [0.2, 0.25) is 5.91 Å². The second kappa shape index (κ2) is 9.28. The Morgan fingerprint density at radius 3 is 2.62 bits per heavy atom. The van der Waals surface area contributed by atoms with Gasteiger partial charge in [0.15, 0.2) is 11.5 Å². The van der Waals surface area contributed by atoms with Gasteiger partial charge in [-0.3, -0.25) is 19.3 Å². The van der Waals surface area contributed by atoms with Crippen molar-refractivity contribution in [3.05, 3.63) is 28.7 Å². The lowest BCUT2D eigenvalue weighted by Gasteiger charge is -2.12. The average molecular weight is 378 g/mol. The molecule has 0 unspecified atom stereocenters. The molecule has 0 aliphatic carbocycles. The highest BCUT2D eigenvalue weighted by Gasteiger charge is 2.36. The molecule has 8 heteroatoms. The Morgan fingerprint density at radius 1 is 1.23 bits per heavy atom. The van der Waals surface area contributed by atoms with E-state index in [4.69, 9.17) is 9.47 Å². The number of unbranched alkanes of at least 4 members (excludes halogenated alkanes) is 1. The maximum atomic E-state index is 12.4. The van der Waals surface area contributed by atoms with Crippen LogP contribution in [0.2, 0.25) is 0 Å². The van der Waals surface area contributed by atoms with Crippen LogP contribution < -0.4 is 14.8 Å². The van der Waals surface area contributed by atoms with E-state index in [1.807, 2.05) is 6.92 Å². The van der Waals surface area contributed by atoms with E-state index in [-0.39, 0.29) is 17.4 Å². The van der Waals surface area contributed by atoms with Crippen LogP contribution in [0.15, 0.2) is 23.1 Å². The Bertz CT molecular complexity index is 732. The van der Waals surface area contributed by atoms with Gasteiger partial charge in [-0.15, -0.1) is 0 Å². The zero-order valence-corrected chi connectivity index (χ0v) is 15.9. The maximum Gasteiger partial charge on any atom is 0.294 e. The first kappa shape index (κ1) is 19.8. The first-order chi connectivity index (χ1) is 12.5. The Morgan fingerprint density at radius 2 is 1.96 bits per heavy atom. The Kier molecular flexibility index (Phi) is 7.08. The van der Waals surface area contributed by atoms with Crippen molar-refractivity contribution in [1.29, 1.82) is 0 Å². The number of carbonyl (C=O) groups is 3. The fraction of sp³-hybridized carbons (Fsp3) is 0.389. The lowest BCUT2D eigenvalue weighted by molar-refractivity contribution is -0.129. The molecule has 0 saturated carbocycles. The van der Waals surface area contributed by atoms with Crippen molar-refractivity contribution < 1.29 is 23.9 Å². The number of benzene rings is 1. The topological polar surface area (TPSA) is 84.9 Å². The number of hydrogen-bond donors (Lipinski definition) is 1. The number of amides is 3. The molecule has 3 amide bonds. The van der Waals surface area contributed by atoms with Crippen LogP contribution in [0.3, 0.4) is 0 Å². The summed E-state index contributed by atoms with van der Waals surface area (Å²) in [6.45, 7) is 2.28. The molecule has 0 spiro atoms. The number of ether oxygens (including phenoxy) is 2. The van der Waals surface area contributed by atoms with Crippen molar-refractivity contribution in [3.63, 3.8) is 0 Å². The number of nitrogens with zero attached hydrogens (tertiary/aromatic N) is 1. The first-order valence-electron chi connectivity index (χ1n) is 8.24. The zero-order valence-electron chi connectivity index (χ0n) is 15.0. The summed E-state index contributed by atoms with van der Waals surface area (Å²) in [7, 11) is 3.06. The van der Waals surface area contributed by atoms with Crippen LogP contribution in [0.4, 0.5) is 4.79 Å². The molecule has 1 fully saturated rings.